The summed E-state index contributed by atoms with van der Waals surface area (Å²) < 4.78 is 9.22. The van der Waals surface area contributed by atoms with Gasteiger partial charge >= 0.3 is 5.97 Å². The maximum Gasteiger partial charge on any atom is 0.335 e. The highest BCUT2D eigenvalue weighted by Gasteiger charge is 2.44. The van der Waals surface area contributed by atoms with Crippen molar-refractivity contribution >= 4 is 34.7 Å². The van der Waals surface area contributed by atoms with Crippen LogP contribution in [-0.2, 0) is 10.5 Å². The van der Waals surface area contributed by atoms with Gasteiger partial charge < -0.3 is 30.4 Å². The van der Waals surface area contributed by atoms with Gasteiger partial charge in [-0.25, -0.2) is 24.7 Å². The Bertz CT molecular complexity index is 1330. The molecule has 0 bridgehead atoms. The Morgan fingerprint density at radius 3 is 2.76 bits per heavy atom. The number of benzene rings is 1. The lowest BCUT2D eigenvalue weighted by Crippen LogP contribution is -2.32. The lowest BCUT2D eigenvalue weighted by atomic mass is 10.1. The second-order valence-corrected chi connectivity index (χ2v) is 8.84. The molecule has 4 heterocycles. The summed E-state index contributed by atoms with van der Waals surface area (Å²) >= 11 is 1.46. The first kappa shape index (κ1) is 22.3. The average molecular weight is 484 g/mol. The van der Waals surface area contributed by atoms with Crippen LogP contribution in [0.4, 0.5) is 5.82 Å². The Labute approximate surface area is 197 Å². The molecule has 34 heavy (non-hydrogen) atoms. The fourth-order valence-corrected chi connectivity index (χ4v) is 4.92. The third-order valence-electron chi connectivity index (χ3n) is 5.58. The predicted molar refractivity (Wildman–Crippen MR) is 122 cm³/mol. The summed E-state index contributed by atoms with van der Waals surface area (Å²) in [6.07, 6.45) is 3.84. The number of aliphatic hydroxyl groups is 2. The minimum Gasteiger partial charge on any atom is -0.478 e. The van der Waals surface area contributed by atoms with Crippen LogP contribution in [0.25, 0.3) is 16.9 Å². The van der Waals surface area contributed by atoms with Crippen LogP contribution >= 0.6 is 11.8 Å². The highest BCUT2D eigenvalue weighted by atomic mass is 32.2. The molecule has 1 aliphatic heterocycles. The maximum absolute atomic E-state index is 11.6. The van der Waals surface area contributed by atoms with Gasteiger partial charge in [0.2, 0.25) is 0 Å². The smallest absolute Gasteiger partial charge is 0.335 e. The molecule has 1 aliphatic rings. The zero-order valence-corrected chi connectivity index (χ0v) is 18.5. The van der Waals surface area contributed by atoms with Crippen molar-refractivity contribution in [2.24, 2.45) is 0 Å². The molecular formula is C21H21N7O5S. The first-order valence-electron chi connectivity index (χ1n) is 10.3. The normalized spacial score (nSPS) is 22.4. The van der Waals surface area contributed by atoms with E-state index in [1.165, 1.54) is 29.0 Å². The van der Waals surface area contributed by atoms with Crippen LogP contribution in [0.2, 0.25) is 0 Å². The summed E-state index contributed by atoms with van der Waals surface area (Å²) in [5.41, 5.74) is 8.26. The van der Waals surface area contributed by atoms with E-state index in [-0.39, 0.29) is 11.4 Å². The van der Waals surface area contributed by atoms with E-state index in [1.807, 2.05) is 6.07 Å². The van der Waals surface area contributed by atoms with Crippen molar-refractivity contribution < 1.29 is 24.9 Å². The third kappa shape index (κ3) is 4.09. The molecule has 1 aromatic carbocycles. The number of nitrogens with zero attached hydrogens (tertiary/aromatic N) is 6. The van der Waals surface area contributed by atoms with E-state index >= 15 is 0 Å². The van der Waals surface area contributed by atoms with Crippen LogP contribution in [-0.4, -0.2) is 74.4 Å². The molecule has 0 aliphatic carbocycles. The zero-order valence-electron chi connectivity index (χ0n) is 17.7. The van der Waals surface area contributed by atoms with Gasteiger partial charge in [-0.1, -0.05) is 0 Å². The van der Waals surface area contributed by atoms with E-state index in [2.05, 4.69) is 19.9 Å². The van der Waals surface area contributed by atoms with Crippen LogP contribution in [0.5, 0.6) is 0 Å². The zero-order chi connectivity index (χ0) is 23.8. The largest absolute Gasteiger partial charge is 0.478 e. The number of nitrogens with two attached hydrogens (primary N) is 1. The molecule has 0 unspecified atom stereocenters. The summed E-state index contributed by atoms with van der Waals surface area (Å²) in [6.45, 7) is 0. The van der Waals surface area contributed by atoms with Crippen LogP contribution < -0.4 is 5.73 Å². The molecule has 12 nitrogen and oxygen atoms in total. The maximum atomic E-state index is 11.6. The van der Waals surface area contributed by atoms with E-state index in [1.54, 1.807) is 35.4 Å². The van der Waals surface area contributed by atoms with Crippen molar-refractivity contribution in [3.63, 3.8) is 0 Å². The summed E-state index contributed by atoms with van der Waals surface area (Å²) in [5.74, 6) is 0.0395. The summed E-state index contributed by atoms with van der Waals surface area (Å²) in [4.78, 5) is 27.8. The lowest BCUT2D eigenvalue weighted by molar-refractivity contribution is -0.0289. The Morgan fingerprint density at radius 1 is 1.15 bits per heavy atom. The Kier molecular flexibility index (Phi) is 5.91. The highest BCUT2D eigenvalue weighted by Crippen LogP contribution is 2.34. The molecule has 4 aromatic rings. The summed E-state index contributed by atoms with van der Waals surface area (Å²) in [5, 5.41) is 30.6. The summed E-state index contributed by atoms with van der Waals surface area (Å²) in [6, 6.07) is 5.07. The van der Waals surface area contributed by atoms with Gasteiger partial charge in [0.05, 0.1) is 24.3 Å². The minimum absolute atomic E-state index is 0.169. The van der Waals surface area contributed by atoms with E-state index in [0.717, 1.165) is 5.56 Å². The van der Waals surface area contributed by atoms with Crippen LogP contribution in [0.3, 0.4) is 0 Å². The fourth-order valence-electron chi connectivity index (χ4n) is 3.89. The molecule has 1 saturated heterocycles. The number of anilines is 1. The number of rotatable bonds is 7. The molecule has 0 spiro atoms. The standard InChI is InChI=1S/C21H21N7O5S/c22-18-15-19(25-8-24-18)28(10-26-15)20-17(30)16(29)14(33-20)7-34-6-11-3-12(21(31)32)5-13(4-11)27-2-1-23-9-27/h1-5,8-10,14,16-17,20,29-30H,6-7H2,(H,31,32)(H2,22,24,25)/t14-,16-,17-,20-/m1/s1. The van der Waals surface area contributed by atoms with E-state index in [4.69, 9.17) is 10.5 Å². The molecule has 4 atom stereocenters. The number of carbonyl (C=O) groups is 1. The number of imidazole rings is 2. The third-order valence-corrected chi connectivity index (χ3v) is 6.68. The van der Waals surface area contributed by atoms with Crippen molar-refractivity contribution in [1.82, 2.24) is 29.1 Å². The van der Waals surface area contributed by atoms with Gasteiger partial charge in [-0.05, 0) is 23.8 Å². The number of hydrogen-bond acceptors (Lipinski definition) is 10. The average Bonchev–Trinajstić information content (AvgIpc) is 3.56. The monoisotopic (exact) mass is 483 g/mol. The Morgan fingerprint density at radius 2 is 2.00 bits per heavy atom. The fraction of sp³-hybridized carbons (Fsp3) is 0.286. The van der Waals surface area contributed by atoms with Gasteiger partial charge in [0.25, 0.3) is 0 Å². The van der Waals surface area contributed by atoms with Crippen molar-refractivity contribution in [2.45, 2.75) is 30.3 Å². The van der Waals surface area contributed by atoms with Gasteiger partial charge in [0.15, 0.2) is 17.7 Å². The van der Waals surface area contributed by atoms with Crippen molar-refractivity contribution in [3.8, 4) is 5.69 Å². The quantitative estimate of drug-likeness (QED) is 0.293. The van der Waals surface area contributed by atoms with Gasteiger partial charge in [0, 0.05) is 29.6 Å². The van der Waals surface area contributed by atoms with Gasteiger partial charge in [-0.3, -0.25) is 4.57 Å². The molecule has 0 radical (unpaired) electrons. The molecule has 1 fully saturated rings. The SMILES string of the molecule is Nc1ncnc2c1ncn2[C@@H]1O[C@H](CSCc2cc(C(=O)O)cc(-n3ccnc3)c2)[C@@H](O)[C@H]1O. The molecule has 5 rings (SSSR count). The van der Waals surface area contributed by atoms with Crippen molar-refractivity contribution in [1.29, 1.82) is 0 Å². The van der Waals surface area contributed by atoms with Crippen LogP contribution in [0.1, 0.15) is 22.1 Å². The topological polar surface area (TPSA) is 174 Å². The lowest BCUT2D eigenvalue weighted by Gasteiger charge is -2.16. The number of hydrogen-bond donors (Lipinski definition) is 4. The molecule has 5 N–H and O–H groups in total. The molecule has 0 amide bonds. The number of aromatic nitrogens is 6. The molecular weight excluding hydrogens is 462 g/mol. The number of thioether (sulfide) groups is 1. The minimum atomic E-state index is -1.19. The number of nitrogen functional groups attached to an aromatic ring is 1. The highest BCUT2D eigenvalue weighted by molar-refractivity contribution is 7.98. The number of carboxylic acids is 1. The van der Waals surface area contributed by atoms with E-state index < -0.39 is 30.5 Å². The van der Waals surface area contributed by atoms with Gasteiger partial charge in [0.1, 0.15) is 24.1 Å². The van der Waals surface area contributed by atoms with Crippen LogP contribution in [0.15, 0.2) is 49.6 Å². The summed E-state index contributed by atoms with van der Waals surface area (Å²) in [7, 11) is 0. The van der Waals surface area contributed by atoms with E-state index in [9.17, 15) is 20.1 Å². The van der Waals surface area contributed by atoms with Gasteiger partial charge in [-0.2, -0.15) is 11.8 Å². The predicted octanol–water partition coefficient (Wildman–Crippen LogP) is 0.845. The molecule has 176 valence electrons. The second kappa shape index (κ2) is 9.02. The van der Waals surface area contributed by atoms with Crippen LogP contribution in [0, 0.1) is 0 Å². The second-order valence-electron chi connectivity index (χ2n) is 7.81. The molecule has 13 heteroatoms. The van der Waals surface area contributed by atoms with Crippen molar-refractivity contribution in [2.75, 3.05) is 11.5 Å². The first-order valence-corrected chi connectivity index (χ1v) is 11.5. The Balaban J connectivity index is 1.29. The first-order chi connectivity index (χ1) is 16.4. The number of fused-ring (bicyclic) bond motifs is 1. The van der Waals surface area contributed by atoms with Crippen molar-refractivity contribution in [3.05, 3.63) is 60.7 Å². The molecule has 0 saturated carbocycles. The number of aromatic carboxylic acids is 1. The van der Waals surface area contributed by atoms with Gasteiger partial charge in [-0.15, -0.1) is 0 Å². The number of ether oxygens (including phenoxy) is 1. The number of aliphatic hydroxyl groups excluding tert-OH is 2. The molecule has 3 aromatic heterocycles. The Hall–Kier alpha value is -3.52. The van der Waals surface area contributed by atoms with E-state index in [0.29, 0.717) is 28.4 Å². The number of carboxylic acid groups (broad SMARTS) is 1.